The van der Waals surface area contributed by atoms with E-state index in [1.54, 1.807) is 18.0 Å². The fraction of sp³-hybridized carbons (Fsp3) is 0.400. The molecule has 0 amide bonds. The van der Waals surface area contributed by atoms with E-state index in [9.17, 15) is 0 Å². The van der Waals surface area contributed by atoms with Gasteiger partial charge in [0.1, 0.15) is 11.8 Å². The number of hydrogen-bond acceptors (Lipinski definition) is 3. The van der Waals surface area contributed by atoms with Gasteiger partial charge in [0.2, 0.25) is 0 Å². The third-order valence-corrected chi connectivity index (χ3v) is 2.69. The highest BCUT2D eigenvalue weighted by atomic mass is 32.2. The molecule has 0 bridgehead atoms. The van der Waals surface area contributed by atoms with E-state index >= 15 is 0 Å². The number of nitrogens with zero attached hydrogens (tertiary/aromatic N) is 2. The molecule has 0 aliphatic heterocycles. The monoisotopic (exact) mass is 192 g/mol. The van der Waals surface area contributed by atoms with Gasteiger partial charge in [0, 0.05) is 11.1 Å². The summed E-state index contributed by atoms with van der Waals surface area (Å²) in [7, 11) is 0. The quantitative estimate of drug-likeness (QED) is 0.543. The van der Waals surface area contributed by atoms with Crippen LogP contribution in [0.25, 0.3) is 0 Å². The first-order valence-electron chi connectivity index (χ1n) is 4.35. The molecule has 68 valence electrons. The van der Waals surface area contributed by atoms with E-state index in [0.29, 0.717) is 5.69 Å². The number of pyridine rings is 1. The van der Waals surface area contributed by atoms with Crippen molar-refractivity contribution < 1.29 is 0 Å². The fourth-order valence-electron chi connectivity index (χ4n) is 0.896. The van der Waals surface area contributed by atoms with E-state index in [1.165, 1.54) is 12.8 Å². The molecule has 0 N–H and O–H groups in total. The van der Waals surface area contributed by atoms with E-state index in [1.807, 2.05) is 18.2 Å². The second-order valence-corrected chi connectivity index (χ2v) is 3.86. The van der Waals surface area contributed by atoms with Crippen molar-refractivity contribution in [1.82, 2.24) is 4.98 Å². The highest BCUT2D eigenvalue weighted by molar-refractivity contribution is 7.99. The van der Waals surface area contributed by atoms with Crippen LogP contribution >= 0.6 is 11.8 Å². The van der Waals surface area contributed by atoms with Crippen molar-refractivity contribution in [3.63, 3.8) is 0 Å². The topological polar surface area (TPSA) is 36.7 Å². The molecule has 0 aromatic carbocycles. The van der Waals surface area contributed by atoms with E-state index in [0.717, 1.165) is 10.6 Å². The molecule has 1 rings (SSSR count). The van der Waals surface area contributed by atoms with E-state index < -0.39 is 0 Å². The first-order chi connectivity index (χ1) is 6.36. The Bertz CT molecular complexity index is 304. The van der Waals surface area contributed by atoms with Crippen LogP contribution in [0, 0.1) is 11.3 Å². The largest absolute Gasteiger partial charge is 0.245 e. The number of nitriles is 1. The molecular weight excluding hydrogens is 180 g/mol. The molecule has 0 saturated carbocycles. The summed E-state index contributed by atoms with van der Waals surface area (Å²) in [5.74, 6) is 1.12. The molecule has 13 heavy (non-hydrogen) atoms. The van der Waals surface area contributed by atoms with Gasteiger partial charge in [-0.3, -0.25) is 0 Å². The first-order valence-corrected chi connectivity index (χ1v) is 5.34. The second-order valence-electron chi connectivity index (χ2n) is 2.69. The molecule has 1 aromatic heterocycles. The van der Waals surface area contributed by atoms with E-state index in [-0.39, 0.29) is 0 Å². The van der Waals surface area contributed by atoms with Gasteiger partial charge in [0.25, 0.3) is 0 Å². The van der Waals surface area contributed by atoms with Gasteiger partial charge in [-0.05, 0) is 24.3 Å². The normalized spacial score (nSPS) is 9.54. The molecule has 1 heterocycles. The standard InChI is InChI=1S/C10H12N2S/c1-2-3-6-13-10-4-5-12-9(7-10)8-11/h4-5,7H,2-3,6H2,1H3. The van der Waals surface area contributed by atoms with Crippen LogP contribution in [-0.4, -0.2) is 10.7 Å². The van der Waals surface area contributed by atoms with Crippen molar-refractivity contribution in [3.8, 4) is 6.07 Å². The van der Waals surface area contributed by atoms with Gasteiger partial charge < -0.3 is 0 Å². The minimum atomic E-state index is 0.501. The number of rotatable bonds is 4. The average Bonchev–Trinajstić information content (AvgIpc) is 2.19. The Kier molecular flexibility index (Phi) is 4.34. The lowest BCUT2D eigenvalue weighted by Gasteiger charge is -1.99. The fourth-order valence-corrected chi connectivity index (χ4v) is 1.92. The minimum absolute atomic E-state index is 0.501. The summed E-state index contributed by atoms with van der Waals surface area (Å²) in [5, 5.41) is 8.61. The van der Waals surface area contributed by atoms with Gasteiger partial charge in [-0.25, -0.2) is 4.98 Å². The van der Waals surface area contributed by atoms with Crippen molar-refractivity contribution in [2.24, 2.45) is 0 Å². The molecule has 1 aromatic rings. The summed E-state index contributed by atoms with van der Waals surface area (Å²) in [6.07, 6.45) is 4.12. The van der Waals surface area contributed by atoms with Crippen molar-refractivity contribution in [2.75, 3.05) is 5.75 Å². The van der Waals surface area contributed by atoms with Gasteiger partial charge in [-0.1, -0.05) is 13.3 Å². The van der Waals surface area contributed by atoms with Crippen molar-refractivity contribution in [1.29, 1.82) is 5.26 Å². The summed E-state index contributed by atoms with van der Waals surface area (Å²) in [6.45, 7) is 2.17. The predicted octanol–water partition coefficient (Wildman–Crippen LogP) is 2.85. The van der Waals surface area contributed by atoms with Crippen LogP contribution in [0.5, 0.6) is 0 Å². The van der Waals surface area contributed by atoms with E-state index in [4.69, 9.17) is 5.26 Å². The molecule has 3 heteroatoms. The van der Waals surface area contributed by atoms with Crippen LogP contribution < -0.4 is 0 Å². The summed E-state index contributed by atoms with van der Waals surface area (Å²) >= 11 is 1.78. The number of thioether (sulfide) groups is 1. The molecular formula is C10H12N2S. The molecule has 0 aliphatic carbocycles. The summed E-state index contributed by atoms with van der Waals surface area (Å²) in [5.41, 5.74) is 0.501. The zero-order chi connectivity index (χ0) is 9.52. The van der Waals surface area contributed by atoms with Crippen LogP contribution in [0.1, 0.15) is 25.5 Å². The second kappa shape index (κ2) is 5.60. The van der Waals surface area contributed by atoms with Gasteiger partial charge in [0.15, 0.2) is 0 Å². The van der Waals surface area contributed by atoms with Gasteiger partial charge in [-0.15, -0.1) is 11.8 Å². The molecule has 0 fully saturated rings. The highest BCUT2D eigenvalue weighted by Crippen LogP contribution is 2.18. The lowest BCUT2D eigenvalue weighted by atomic mass is 10.4. The lowest BCUT2D eigenvalue weighted by molar-refractivity contribution is 0.896. The zero-order valence-electron chi connectivity index (χ0n) is 7.66. The SMILES string of the molecule is CCCCSc1ccnc(C#N)c1. The van der Waals surface area contributed by atoms with Crippen molar-refractivity contribution in [3.05, 3.63) is 24.0 Å². The molecule has 0 saturated heterocycles. The molecule has 0 spiro atoms. The average molecular weight is 192 g/mol. The first kappa shape index (κ1) is 10.1. The van der Waals surface area contributed by atoms with Crippen LogP contribution in [0.15, 0.2) is 23.2 Å². The van der Waals surface area contributed by atoms with Crippen LogP contribution in [-0.2, 0) is 0 Å². The Morgan fingerprint density at radius 3 is 3.15 bits per heavy atom. The summed E-state index contributed by atoms with van der Waals surface area (Å²) in [6, 6.07) is 5.81. The van der Waals surface area contributed by atoms with Gasteiger partial charge in [-0.2, -0.15) is 5.26 Å². The van der Waals surface area contributed by atoms with Crippen LogP contribution in [0.4, 0.5) is 0 Å². The Balaban J connectivity index is 2.52. The lowest BCUT2D eigenvalue weighted by Crippen LogP contribution is -1.83. The Morgan fingerprint density at radius 2 is 2.46 bits per heavy atom. The predicted molar refractivity (Wildman–Crippen MR) is 54.6 cm³/mol. The number of hydrogen-bond donors (Lipinski definition) is 0. The third-order valence-electron chi connectivity index (χ3n) is 1.61. The van der Waals surface area contributed by atoms with Crippen molar-refractivity contribution in [2.45, 2.75) is 24.7 Å². The maximum atomic E-state index is 8.61. The van der Waals surface area contributed by atoms with Crippen molar-refractivity contribution >= 4 is 11.8 Å². The smallest absolute Gasteiger partial charge is 0.141 e. The van der Waals surface area contributed by atoms with E-state index in [2.05, 4.69) is 11.9 Å². The number of aromatic nitrogens is 1. The maximum Gasteiger partial charge on any atom is 0.141 e. The van der Waals surface area contributed by atoms with Gasteiger partial charge >= 0.3 is 0 Å². The molecule has 0 unspecified atom stereocenters. The highest BCUT2D eigenvalue weighted by Gasteiger charge is 1.95. The molecule has 0 aliphatic rings. The molecule has 0 atom stereocenters. The Morgan fingerprint density at radius 1 is 1.62 bits per heavy atom. The summed E-state index contributed by atoms with van der Waals surface area (Å²) < 4.78 is 0. The zero-order valence-corrected chi connectivity index (χ0v) is 8.47. The molecule has 0 radical (unpaired) electrons. The maximum absolute atomic E-state index is 8.61. The summed E-state index contributed by atoms with van der Waals surface area (Å²) in [4.78, 5) is 5.05. The number of unbranched alkanes of at least 4 members (excludes halogenated alkanes) is 1. The minimum Gasteiger partial charge on any atom is -0.245 e. The van der Waals surface area contributed by atoms with Crippen LogP contribution in [0.2, 0.25) is 0 Å². The van der Waals surface area contributed by atoms with Gasteiger partial charge in [0.05, 0.1) is 0 Å². The third kappa shape index (κ3) is 3.47. The Hall–Kier alpha value is -1.01. The molecule has 2 nitrogen and oxygen atoms in total. The van der Waals surface area contributed by atoms with Crippen LogP contribution in [0.3, 0.4) is 0 Å². The Labute approximate surface area is 83.0 Å².